The summed E-state index contributed by atoms with van der Waals surface area (Å²) in [5.74, 6) is 0.588. The van der Waals surface area contributed by atoms with Crippen LogP contribution in [0.3, 0.4) is 0 Å². The van der Waals surface area contributed by atoms with E-state index in [9.17, 15) is 9.90 Å². The number of rotatable bonds is 2. The van der Waals surface area contributed by atoms with Gasteiger partial charge in [-0.25, -0.2) is 4.98 Å². The fourth-order valence-electron chi connectivity index (χ4n) is 2.56. The molecule has 1 unspecified atom stereocenters. The van der Waals surface area contributed by atoms with Crippen molar-refractivity contribution in [2.45, 2.75) is 18.9 Å². The Bertz CT molecular complexity index is 667. The van der Waals surface area contributed by atoms with Crippen LogP contribution in [0.4, 0.5) is 5.95 Å². The fraction of sp³-hybridized carbons (Fsp3) is 0.462. The maximum Gasteiger partial charge on any atom is 0.251 e. The molecule has 100 valence electrons. The van der Waals surface area contributed by atoms with E-state index in [4.69, 9.17) is 0 Å². The lowest BCUT2D eigenvalue weighted by Crippen LogP contribution is -2.33. The van der Waals surface area contributed by atoms with Crippen LogP contribution in [0.1, 0.15) is 12.8 Å². The van der Waals surface area contributed by atoms with Crippen molar-refractivity contribution in [3.63, 3.8) is 0 Å². The van der Waals surface area contributed by atoms with Gasteiger partial charge >= 0.3 is 0 Å². The monoisotopic (exact) mass is 260 g/mol. The number of aliphatic hydroxyl groups excluding tert-OH is 1. The fourth-order valence-corrected chi connectivity index (χ4v) is 2.56. The molecule has 6 nitrogen and oxygen atoms in total. The SMILES string of the molecule is Cn1c(=O)ccc2cnc(N3CCCC3CO)nc21. The van der Waals surface area contributed by atoms with Gasteiger partial charge in [-0.3, -0.25) is 9.36 Å². The Labute approximate surface area is 110 Å². The molecule has 0 saturated carbocycles. The quantitative estimate of drug-likeness (QED) is 0.840. The van der Waals surface area contributed by atoms with Crippen molar-refractivity contribution in [3.05, 3.63) is 28.7 Å². The summed E-state index contributed by atoms with van der Waals surface area (Å²) in [7, 11) is 1.70. The molecule has 0 amide bonds. The molecule has 3 rings (SSSR count). The number of aryl methyl sites for hydroxylation is 1. The molecular weight excluding hydrogens is 244 g/mol. The Balaban J connectivity index is 2.11. The lowest BCUT2D eigenvalue weighted by molar-refractivity contribution is 0.265. The molecule has 1 aliphatic heterocycles. The molecule has 0 spiro atoms. The van der Waals surface area contributed by atoms with Gasteiger partial charge in [0.15, 0.2) is 0 Å². The lowest BCUT2D eigenvalue weighted by Gasteiger charge is -2.23. The average Bonchev–Trinajstić information content (AvgIpc) is 2.91. The molecule has 6 heteroatoms. The van der Waals surface area contributed by atoms with Crippen LogP contribution in [0, 0.1) is 0 Å². The van der Waals surface area contributed by atoms with Gasteiger partial charge in [-0.05, 0) is 18.9 Å². The standard InChI is InChI=1S/C13H16N4O2/c1-16-11(19)5-4-9-7-14-13(15-12(9)16)17-6-2-3-10(17)8-18/h4-5,7,10,18H,2-3,6,8H2,1H3. The van der Waals surface area contributed by atoms with Crippen LogP contribution in [-0.4, -0.2) is 38.8 Å². The Morgan fingerprint density at radius 1 is 1.47 bits per heavy atom. The van der Waals surface area contributed by atoms with Crippen LogP contribution in [0.25, 0.3) is 11.0 Å². The van der Waals surface area contributed by atoms with Gasteiger partial charge in [0.25, 0.3) is 5.56 Å². The Morgan fingerprint density at radius 3 is 3.11 bits per heavy atom. The lowest BCUT2D eigenvalue weighted by atomic mass is 10.2. The summed E-state index contributed by atoms with van der Waals surface area (Å²) in [5, 5.41) is 10.2. The Hall–Kier alpha value is -1.95. The van der Waals surface area contributed by atoms with Gasteiger partial charge in [0, 0.05) is 31.2 Å². The van der Waals surface area contributed by atoms with E-state index < -0.39 is 0 Å². The van der Waals surface area contributed by atoms with Gasteiger partial charge < -0.3 is 10.0 Å². The smallest absolute Gasteiger partial charge is 0.251 e. The molecule has 2 aromatic heterocycles. The highest BCUT2D eigenvalue weighted by Gasteiger charge is 2.26. The zero-order valence-corrected chi connectivity index (χ0v) is 10.8. The van der Waals surface area contributed by atoms with Gasteiger partial charge in [0.1, 0.15) is 5.65 Å². The number of pyridine rings is 1. The van der Waals surface area contributed by atoms with E-state index in [-0.39, 0.29) is 18.2 Å². The maximum absolute atomic E-state index is 11.6. The molecular formula is C13H16N4O2. The third-order valence-corrected chi connectivity index (χ3v) is 3.68. The van der Waals surface area contributed by atoms with Crippen molar-refractivity contribution in [3.8, 4) is 0 Å². The van der Waals surface area contributed by atoms with Gasteiger partial charge in [0.2, 0.25) is 5.95 Å². The van der Waals surface area contributed by atoms with Crippen molar-refractivity contribution in [1.82, 2.24) is 14.5 Å². The summed E-state index contributed by atoms with van der Waals surface area (Å²) in [6.45, 7) is 0.951. The highest BCUT2D eigenvalue weighted by molar-refractivity contribution is 5.75. The maximum atomic E-state index is 11.6. The molecule has 1 aliphatic rings. The number of anilines is 1. The van der Waals surface area contributed by atoms with Crippen molar-refractivity contribution in [1.29, 1.82) is 0 Å². The summed E-state index contributed by atoms with van der Waals surface area (Å²) in [6, 6.07) is 3.32. The summed E-state index contributed by atoms with van der Waals surface area (Å²) in [5.41, 5.74) is 0.540. The van der Waals surface area contributed by atoms with E-state index in [1.54, 1.807) is 19.3 Å². The predicted octanol–water partition coefficient (Wildman–Crippen LogP) is 0.290. The minimum absolute atomic E-state index is 0.0817. The largest absolute Gasteiger partial charge is 0.394 e. The van der Waals surface area contributed by atoms with E-state index in [1.807, 2.05) is 4.90 Å². The van der Waals surface area contributed by atoms with Crippen LogP contribution < -0.4 is 10.5 Å². The number of fused-ring (bicyclic) bond motifs is 1. The molecule has 0 aromatic carbocycles. The highest BCUT2D eigenvalue weighted by atomic mass is 16.3. The predicted molar refractivity (Wildman–Crippen MR) is 72.2 cm³/mol. The number of aliphatic hydroxyl groups is 1. The van der Waals surface area contributed by atoms with E-state index in [0.717, 1.165) is 24.8 Å². The summed E-state index contributed by atoms with van der Waals surface area (Å²) in [4.78, 5) is 22.5. The van der Waals surface area contributed by atoms with Crippen molar-refractivity contribution < 1.29 is 5.11 Å². The van der Waals surface area contributed by atoms with Crippen LogP contribution in [0.5, 0.6) is 0 Å². The number of aromatic nitrogens is 3. The van der Waals surface area contributed by atoms with E-state index >= 15 is 0 Å². The van der Waals surface area contributed by atoms with Crippen molar-refractivity contribution in [2.75, 3.05) is 18.1 Å². The van der Waals surface area contributed by atoms with E-state index in [2.05, 4.69) is 9.97 Å². The molecule has 19 heavy (non-hydrogen) atoms. The van der Waals surface area contributed by atoms with Crippen LogP contribution in [0.15, 0.2) is 23.1 Å². The highest BCUT2D eigenvalue weighted by Crippen LogP contribution is 2.23. The minimum Gasteiger partial charge on any atom is -0.394 e. The summed E-state index contributed by atoms with van der Waals surface area (Å²) < 4.78 is 1.52. The van der Waals surface area contributed by atoms with E-state index in [1.165, 1.54) is 10.6 Å². The molecule has 2 aromatic rings. The molecule has 1 N–H and O–H groups in total. The molecule has 0 radical (unpaired) electrons. The molecule has 1 fully saturated rings. The zero-order valence-electron chi connectivity index (χ0n) is 10.8. The van der Waals surface area contributed by atoms with Gasteiger partial charge in [0.05, 0.1) is 12.6 Å². The van der Waals surface area contributed by atoms with Gasteiger partial charge in [-0.2, -0.15) is 4.98 Å². The van der Waals surface area contributed by atoms with Crippen molar-refractivity contribution in [2.24, 2.45) is 7.05 Å². The zero-order chi connectivity index (χ0) is 13.4. The van der Waals surface area contributed by atoms with Crippen LogP contribution in [0.2, 0.25) is 0 Å². The Kier molecular flexibility index (Phi) is 2.94. The summed E-state index contributed by atoms with van der Waals surface area (Å²) >= 11 is 0. The first-order valence-corrected chi connectivity index (χ1v) is 6.41. The Morgan fingerprint density at radius 2 is 2.32 bits per heavy atom. The van der Waals surface area contributed by atoms with Crippen LogP contribution in [-0.2, 0) is 7.05 Å². The number of nitrogens with zero attached hydrogens (tertiary/aromatic N) is 4. The molecule has 0 aliphatic carbocycles. The third kappa shape index (κ3) is 1.98. The second kappa shape index (κ2) is 4.62. The first kappa shape index (κ1) is 12.1. The van der Waals surface area contributed by atoms with Crippen LogP contribution >= 0.6 is 0 Å². The first-order chi connectivity index (χ1) is 9.20. The second-order valence-electron chi connectivity index (χ2n) is 4.85. The minimum atomic E-state index is -0.0859. The van der Waals surface area contributed by atoms with Gasteiger partial charge in [-0.15, -0.1) is 0 Å². The normalized spacial score (nSPS) is 19.3. The topological polar surface area (TPSA) is 71.2 Å². The number of hydrogen-bond acceptors (Lipinski definition) is 5. The second-order valence-corrected chi connectivity index (χ2v) is 4.85. The average molecular weight is 260 g/mol. The van der Waals surface area contributed by atoms with Crippen molar-refractivity contribution >= 4 is 17.0 Å². The van der Waals surface area contributed by atoms with E-state index in [0.29, 0.717) is 11.6 Å². The molecule has 0 bridgehead atoms. The first-order valence-electron chi connectivity index (χ1n) is 6.41. The summed E-state index contributed by atoms with van der Waals surface area (Å²) in [6.07, 6.45) is 3.70. The van der Waals surface area contributed by atoms with Gasteiger partial charge in [-0.1, -0.05) is 0 Å². The molecule has 1 atom stereocenters. The molecule has 3 heterocycles. The molecule has 1 saturated heterocycles. The third-order valence-electron chi connectivity index (χ3n) is 3.68. The number of hydrogen-bond donors (Lipinski definition) is 1.